The van der Waals surface area contributed by atoms with E-state index >= 15 is 0 Å². The molecule has 32 heavy (non-hydrogen) atoms. The molecular weight excluding hydrogens is 406 g/mol. The second-order valence-electron chi connectivity index (χ2n) is 7.56. The van der Waals surface area contributed by atoms with Gasteiger partial charge in [-0.1, -0.05) is 32.0 Å². The SMILES string of the molecule is COc1ccc(NC(=O)C(NC(=O)c2ccccc2)C(C)C)cc1OCc1ccncc1. The van der Waals surface area contributed by atoms with E-state index in [2.05, 4.69) is 15.6 Å². The van der Waals surface area contributed by atoms with E-state index < -0.39 is 6.04 Å². The van der Waals surface area contributed by atoms with Gasteiger partial charge in [0.25, 0.3) is 5.91 Å². The van der Waals surface area contributed by atoms with Crippen LogP contribution in [0.5, 0.6) is 11.5 Å². The zero-order valence-corrected chi connectivity index (χ0v) is 18.4. The van der Waals surface area contributed by atoms with Gasteiger partial charge in [0, 0.05) is 29.7 Å². The highest BCUT2D eigenvalue weighted by Crippen LogP contribution is 2.31. The number of methoxy groups -OCH3 is 1. The number of amides is 2. The van der Waals surface area contributed by atoms with Crippen LogP contribution in [-0.2, 0) is 11.4 Å². The van der Waals surface area contributed by atoms with Crippen molar-refractivity contribution in [2.75, 3.05) is 12.4 Å². The largest absolute Gasteiger partial charge is 0.493 e. The average molecular weight is 434 g/mol. The van der Waals surface area contributed by atoms with Crippen LogP contribution in [0.25, 0.3) is 0 Å². The minimum Gasteiger partial charge on any atom is -0.493 e. The lowest BCUT2D eigenvalue weighted by Gasteiger charge is -2.22. The number of rotatable bonds is 9. The molecule has 1 aromatic heterocycles. The van der Waals surface area contributed by atoms with E-state index in [9.17, 15) is 9.59 Å². The minimum absolute atomic E-state index is 0.108. The van der Waals surface area contributed by atoms with Crippen molar-refractivity contribution in [1.29, 1.82) is 0 Å². The van der Waals surface area contributed by atoms with Crippen molar-refractivity contribution < 1.29 is 19.1 Å². The Bertz CT molecular complexity index is 1040. The second-order valence-corrected chi connectivity index (χ2v) is 7.56. The van der Waals surface area contributed by atoms with Gasteiger partial charge >= 0.3 is 0 Å². The molecule has 2 N–H and O–H groups in total. The van der Waals surface area contributed by atoms with Crippen LogP contribution in [0.2, 0.25) is 0 Å². The Morgan fingerprint density at radius 3 is 2.34 bits per heavy atom. The van der Waals surface area contributed by atoms with Crippen LogP contribution < -0.4 is 20.1 Å². The maximum atomic E-state index is 13.0. The average Bonchev–Trinajstić information content (AvgIpc) is 2.82. The highest BCUT2D eigenvalue weighted by atomic mass is 16.5. The van der Waals surface area contributed by atoms with Gasteiger partial charge in [0.05, 0.1) is 7.11 Å². The van der Waals surface area contributed by atoms with Gasteiger partial charge in [0.1, 0.15) is 12.6 Å². The Balaban J connectivity index is 1.71. The molecule has 0 aliphatic heterocycles. The molecule has 166 valence electrons. The molecule has 0 aliphatic rings. The number of hydrogen-bond acceptors (Lipinski definition) is 5. The summed E-state index contributed by atoms with van der Waals surface area (Å²) >= 11 is 0. The Labute approximate surface area is 187 Å². The molecule has 0 radical (unpaired) electrons. The van der Waals surface area contributed by atoms with Crippen LogP contribution in [0, 0.1) is 5.92 Å². The molecule has 1 heterocycles. The molecule has 7 heteroatoms. The van der Waals surface area contributed by atoms with Crippen molar-refractivity contribution in [2.45, 2.75) is 26.5 Å². The lowest BCUT2D eigenvalue weighted by Crippen LogP contribution is -2.47. The fraction of sp³-hybridized carbons (Fsp3) is 0.240. The molecule has 0 bridgehead atoms. The predicted octanol–water partition coefficient (Wildman–Crippen LogP) is 4.06. The van der Waals surface area contributed by atoms with Crippen LogP contribution >= 0.6 is 0 Å². The number of carbonyl (C=O) groups excluding carboxylic acids is 2. The van der Waals surface area contributed by atoms with Gasteiger partial charge < -0.3 is 20.1 Å². The van der Waals surface area contributed by atoms with Crippen LogP contribution in [-0.4, -0.2) is 29.9 Å². The van der Waals surface area contributed by atoms with E-state index in [0.29, 0.717) is 29.4 Å². The highest BCUT2D eigenvalue weighted by molar-refractivity contribution is 6.01. The standard InChI is InChI=1S/C25H27N3O4/c1-17(2)23(28-24(29)19-7-5-4-6-8-19)25(30)27-20-9-10-21(31-3)22(15-20)32-16-18-11-13-26-14-12-18/h4-15,17,23H,16H2,1-3H3,(H,27,30)(H,28,29). The van der Waals surface area contributed by atoms with Crippen molar-refractivity contribution in [3.05, 3.63) is 84.2 Å². The van der Waals surface area contributed by atoms with Gasteiger partial charge in [0.2, 0.25) is 5.91 Å². The molecule has 1 unspecified atom stereocenters. The molecule has 0 saturated carbocycles. The predicted molar refractivity (Wildman–Crippen MR) is 123 cm³/mol. The fourth-order valence-electron chi connectivity index (χ4n) is 3.08. The number of anilines is 1. The van der Waals surface area contributed by atoms with Crippen molar-refractivity contribution >= 4 is 17.5 Å². The van der Waals surface area contributed by atoms with Gasteiger partial charge in [0.15, 0.2) is 11.5 Å². The minimum atomic E-state index is -0.703. The molecule has 0 saturated heterocycles. The van der Waals surface area contributed by atoms with Crippen LogP contribution in [0.4, 0.5) is 5.69 Å². The first-order valence-corrected chi connectivity index (χ1v) is 10.3. The van der Waals surface area contributed by atoms with Gasteiger partial charge in [-0.05, 0) is 47.9 Å². The number of hydrogen-bond donors (Lipinski definition) is 2. The number of aromatic nitrogens is 1. The lowest BCUT2D eigenvalue weighted by atomic mass is 10.0. The van der Waals surface area contributed by atoms with Crippen LogP contribution in [0.15, 0.2) is 73.1 Å². The van der Waals surface area contributed by atoms with E-state index in [1.54, 1.807) is 62.0 Å². The normalized spacial score (nSPS) is 11.5. The number of ether oxygens (including phenoxy) is 2. The van der Waals surface area contributed by atoms with Gasteiger partial charge in [-0.3, -0.25) is 14.6 Å². The highest BCUT2D eigenvalue weighted by Gasteiger charge is 2.25. The maximum absolute atomic E-state index is 13.0. The van der Waals surface area contributed by atoms with E-state index in [-0.39, 0.29) is 17.7 Å². The Morgan fingerprint density at radius 1 is 0.969 bits per heavy atom. The Hall–Kier alpha value is -3.87. The first-order valence-electron chi connectivity index (χ1n) is 10.3. The summed E-state index contributed by atoms with van der Waals surface area (Å²) in [4.78, 5) is 29.5. The molecule has 1 atom stereocenters. The molecule has 3 aromatic rings. The maximum Gasteiger partial charge on any atom is 0.251 e. The monoisotopic (exact) mass is 433 g/mol. The summed E-state index contributed by atoms with van der Waals surface area (Å²) in [6, 6.07) is 17.0. The van der Waals surface area contributed by atoms with Gasteiger partial charge in [-0.2, -0.15) is 0 Å². The van der Waals surface area contributed by atoms with Crippen molar-refractivity contribution in [3.8, 4) is 11.5 Å². The van der Waals surface area contributed by atoms with Gasteiger partial charge in [-0.25, -0.2) is 0 Å². The van der Waals surface area contributed by atoms with Crippen molar-refractivity contribution in [3.63, 3.8) is 0 Å². The zero-order chi connectivity index (χ0) is 22.9. The van der Waals surface area contributed by atoms with E-state index in [1.165, 1.54) is 0 Å². The molecule has 2 aromatic carbocycles. The number of benzene rings is 2. The van der Waals surface area contributed by atoms with Crippen LogP contribution in [0.3, 0.4) is 0 Å². The third-order valence-corrected chi connectivity index (χ3v) is 4.85. The van der Waals surface area contributed by atoms with E-state index in [1.807, 2.05) is 32.0 Å². The lowest BCUT2D eigenvalue weighted by molar-refractivity contribution is -0.118. The molecule has 0 spiro atoms. The summed E-state index contributed by atoms with van der Waals surface area (Å²) in [5.41, 5.74) is 2.00. The Kier molecular flexibility index (Phi) is 7.80. The summed E-state index contributed by atoms with van der Waals surface area (Å²) in [6.07, 6.45) is 3.39. The van der Waals surface area contributed by atoms with E-state index in [0.717, 1.165) is 5.56 Å². The molecule has 7 nitrogen and oxygen atoms in total. The van der Waals surface area contributed by atoms with E-state index in [4.69, 9.17) is 9.47 Å². The summed E-state index contributed by atoms with van der Waals surface area (Å²) < 4.78 is 11.3. The molecular formula is C25H27N3O4. The zero-order valence-electron chi connectivity index (χ0n) is 18.4. The van der Waals surface area contributed by atoms with Gasteiger partial charge in [-0.15, -0.1) is 0 Å². The molecule has 0 fully saturated rings. The molecule has 0 aliphatic carbocycles. The topological polar surface area (TPSA) is 89.6 Å². The summed E-state index contributed by atoms with van der Waals surface area (Å²) in [7, 11) is 1.56. The molecule has 2 amide bonds. The fourth-order valence-corrected chi connectivity index (χ4v) is 3.08. The van der Waals surface area contributed by atoms with Crippen LogP contribution in [0.1, 0.15) is 29.8 Å². The first kappa shape index (κ1) is 22.8. The number of pyridine rings is 1. The van der Waals surface area contributed by atoms with Crippen molar-refractivity contribution in [1.82, 2.24) is 10.3 Å². The smallest absolute Gasteiger partial charge is 0.251 e. The third kappa shape index (κ3) is 6.07. The first-order chi connectivity index (χ1) is 15.5. The molecule has 3 rings (SSSR count). The summed E-state index contributed by atoms with van der Waals surface area (Å²) in [5.74, 6) is 0.333. The summed E-state index contributed by atoms with van der Waals surface area (Å²) in [5, 5.41) is 5.69. The second kappa shape index (κ2) is 10.9. The number of nitrogens with one attached hydrogen (secondary N) is 2. The number of carbonyl (C=O) groups is 2. The Morgan fingerprint density at radius 2 is 1.69 bits per heavy atom. The third-order valence-electron chi connectivity index (χ3n) is 4.85. The van der Waals surface area contributed by atoms with Crippen molar-refractivity contribution in [2.24, 2.45) is 5.92 Å². The quantitative estimate of drug-likeness (QED) is 0.531. The number of nitrogens with zero attached hydrogens (tertiary/aromatic N) is 1. The summed E-state index contributed by atoms with van der Waals surface area (Å²) in [6.45, 7) is 4.09.